The van der Waals surface area contributed by atoms with E-state index in [1.54, 1.807) is 0 Å². The lowest BCUT2D eigenvalue weighted by Crippen LogP contribution is -2.34. The monoisotopic (exact) mass is 1070 g/mol. The van der Waals surface area contributed by atoms with Crippen molar-refractivity contribution >= 4 is 23.9 Å². The molecule has 0 bridgehead atoms. The Bertz CT molecular complexity index is 1250. The summed E-state index contributed by atoms with van der Waals surface area (Å²) in [6, 6.07) is 0. The molecule has 8 atom stereocenters. The lowest BCUT2D eigenvalue weighted by molar-refractivity contribution is -0.156. The van der Waals surface area contributed by atoms with E-state index in [-0.39, 0.29) is 98.4 Å². The number of rotatable bonds is 30. The quantitative estimate of drug-likeness (QED) is 0.0312. The van der Waals surface area contributed by atoms with E-state index >= 15 is 0 Å². The lowest BCUT2D eigenvalue weighted by atomic mass is 9.86. The van der Waals surface area contributed by atoms with Crippen LogP contribution in [-0.2, 0) is 28.7 Å². The Morgan fingerprint density at radius 3 is 0.797 bits per heavy atom. The fraction of sp³-hybridized carbons (Fsp3) is 0.933. The average molecular weight is 1070 g/mol. The molecule has 0 fully saturated rings. The van der Waals surface area contributed by atoms with Crippen LogP contribution in [0.25, 0.3) is 0 Å². The maximum atomic E-state index is 11.8. The smallest absolute Gasteiger partial charge is 0.306 e. The first kappa shape index (κ1) is 83.0. The summed E-state index contributed by atoms with van der Waals surface area (Å²) in [4.78, 5) is 42.9. The van der Waals surface area contributed by atoms with Gasteiger partial charge in [0.15, 0.2) is 0 Å². The van der Waals surface area contributed by atoms with Crippen molar-refractivity contribution < 1.29 is 69.5 Å². The van der Waals surface area contributed by atoms with Gasteiger partial charge in [0.1, 0.15) is 6.10 Å². The second kappa shape index (κ2) is 49.0. The van der Waals surface area contributed by atoms with Gasteiger partial charge in [-0.25, -0.2) is 0 Å². The molecule has 14 nitrogen and oxygen atoms in total. The molecule has 0 rings (SSSR count). The highest BCUT2D eigenvalue weighted by Gasteiger charge is 2.29. The molecule has 0 aromatic rings. The third kappa shape index (κ3) is 55.9. The predicted molar refractivity (Wildman–Crippen MR) is 304 cm³/mol. The van der Waals surface area contributed by atoms with Gasteiger partial charge < -0.3 is 50.3 Å². The molecular formula is C60H124O14. The van der Waals surface area contributed by atoms with E-state index in [0.29, 0.717) is 78.6 Å². The Hall–Kier alpha value is -2.36. The molecule has 74 heavy (non-hydrogen) atoms. The van der Waals surface area contributed by atoms with Gasteiger partial charge in [0.25, 0.3) is 0 Å². The number of hydrogen-bond acceptors (Lipinski definition) is 12. The SMILES string of the molecule is CC(C)CC(=O)O.CC(C)CC(=O)O.CC(C)CC(=O)OC(CC(C)C)C(CO)C(C)C.CC(C)CC(=O)OCC(C(C)C)C(O)CC(C)C.CC(C)CC(O)C(CO)C(C)C.CC(C)CC(O)C(CO)C(C)C. The first-order valence-electron chi connectivity index (χ1n) is 28.4. The van der Waals surface area contributed by atoms with Crippen LogP contribution in [0, 0.1) is 94.7 Å². The van der Waals surface area contributed by atoms with E-state index in [2.05, 4.69) is 83.1 Å². The van der Waals surface area contributed by atoms with Crippen LogP contribution >= 0.6 is 0 Å². The molecule has 0 aromatic heterocycles. The molecule has 0 saturated carbocycles. The lowest BCUT2D eigenvalue weighted by Gasteiger charge is -2.30. The largest absolute Gasteiger partial charge is 0.481 e. The molecule has 8 unspecified atom stereocenters. The van der Waals surface area contributed by atoms with Crippen LogP contribution in [0.2, 0.25) is 0 Å². The second-order valence-electron chi connectivity index (χ2n) is 25.3. The maximum Gasteiger partial charge on any atom is 0.306 e. The van der Waals surface area contributed by atoms with Crippen molar-refractivity contribution in [3.8, 4) is 0 Å². The molecule has 8 N–H and O–H groups in total. The van der Waals surface area contributed by atoms with E-state index < -0.39 is 18.0 Å². The van der Waals surface area contributed by atoms with Crippen LogP contribution in [0.3, 0.4) is 0 Å². The van der Waals surface area contributed by atoms with Crippen molar-refractivity contribution in [2.24, 2.45) is 94.7 Å². The van der Waals surface area contributed by atoms with Crippen LogP contribution in [0.5, 0.6) is 0 Å². The standard InChI is InChI=1S/2C15H30O3.2C10H22O2.2C5H10O2/c1-10(2)7-14(16)13(12(5)6)9-18-15(17)8-11(3)4;1-10(2)7-14(13(9-16)12(5)6)18-15(17)8-11(3)4;2*1-7(2)5-10(12)9(6-11)8(3)4;2*1-4(2)3-5(6)7/h2*10-14,16H,7-9H2,1-6H3;2*7-12H,5-6H2,1-4H3;2*4H,3H2,1-2H3,(H,6,7). The van der Waals surface area contributed by atoms with Crippen LogP contribution in [0.1, 0.15) is 218 Å². The Morgan fingerprint density at radius 1 is 0.338 bits per heavy atom. The van der Waals surface area contributed by atoms with E-state index in [1.807, 2.05) is 83.1 Å². The summed E-state index contributed by atoms with van der Waals surface area (Å²) in [5, 5.41) is 73.2. The van der Waals surface area contributed by atoms with Crippen molar-refractivity contribution in [2.75, 3.05) is 26.4 Å². The number of carbonyl (C=O) groups excluding carboxylic acids is 2. The minimum Gasteiger partial charge on any atom is -0.481 e. The van der Waals surface area contributed by atoms with Gasteiger partial charge in [-0.1, -0.05) is 166 Å². The summed E-state index contributed by atoms with van der Waals surface area (Å²) >= 11 is 0. The highest BCUT2D eigenvalue weighted by Crippen LogP contribution is 2.26. The third-order valence-corrected chi connectivity index (χ3v) is 11.9. The van der Waals surface area contributed by atoms with Crippen LogP contribution in [-0.4, -0.2) is 116 Å². The van der Waals surface area contributed by atoms with Gasteiger partial charge in [-0.2, -0.15) is 0 Å². The predicted octanol–water partition coefficient (Wildman–Crippen LogP) is 12.1. The van der Waals surface area contributed by atoms with Gasteiger partial charge >= 0.3 is 23.9 Å². The molecule has 0 radical (unpaired) electrons. The minimum absolute atomic E-state index is 0.0310. The number of carboxylic acids is 2. The zero-order valence-electron chi connectivity index (χ0n) is 52.1. The van der Waals surface area contributed by atoms with Crippen molar-refractivity contribution in [1.29, 1.82) is 0 Å². The van der Waals surface area contributed by atoms with E-state index in [4.69, 9.17) is 29.9 Å². The number of carbonyl (C=O) groups is 4. The van der Waals surface area contributed by atoms with Crippen molar-refractivity contribution in [3.63, 3.8) is 0 Å². The average Bonchev–Trinajstić information content (AvgIpc) is 3.16. The molecule has 0 saturated heterocycles. The number of carboxylic acid groups (broad SMARTS) is 2. The molecular weight excluding hydrogens is 945 g/mol. The van der Waals surface area contributed by atoms with E-state index in [9.17, 15) is 39.6 Å². The van der Waals surface area contributed by atoms with Gasteiger partial charge in [0.2, 0.25) is 0 Å². The normalized spacial score (nSPS) is 14.7. The third-order valence-electron chi connectivity index (χ3n) is 11.9. The molecule has 0 aliphatic rings. The first-order valence-corrected chi connectivity index (χ1v) is 28.4. The number of hydrogen-bond donors (Lipinski definition) is 8. The van der Waals surface area contributed by atoms with Gasteiger partial charge in [-0.15, -0.1) is 0 Å². The highest BCUT2D eigenvalue weighted by atomic mass is 16.5. The molecule has 0 aliphatic heterocycles. The van der Waals surface area contributed by atoms with Crippen LogP contribution in [0.15, 0.2) is 0 Å². The van der Waals surface area contributed by atoms with E-state index in [1.165, 1.54) is 0 Å². The molecule has 14 heteroatoms. The first-order chi connectivity index (χ1) is 33.7. The molecule has 448 valence electrons. The summed E-state index contributed by atoms with van der Waals surface area (Å²) < 4.78 is 10.9. The fourth-order valence-corrected chi connectivity index (χ4v) is 7.64. The van der Waals surface area contributed by atoms with Gasteiger partial charge in [-0.3, -0.25) is 19.2 Å². The van der Waals surface area contributed by atoms with Crippen LogP contribution < -0.4 is 0 Å². The Kier molecular flexibility index (Phi) is 54.9. The molecule has 0 amide bonds. The number of esters is 2. The summed E-state index contributed by atoms with van der Waals surface area (Å²) in [5.41, 5.74) is 0. The Morgan fingerprint density at radius 2 is 0.595 bits per heavy atom. The number of aliphatic carboxylic acids is 2. The van der Waals surface area contributed by atoms with Crippen molar-refractivity contribution in [1.82, 2.24) is 0 Å². The molecule has 0 heterocycles. The van der Waals surface area contributed by atoms with Gasteiger partial charge in [0, 0.05) is 69.2 Å². The van der Waals surface area contributed by atoms with Crippen LogP contribution in [0.4, 0.5) is 0 Å². The zero-order valence-corrected chi connectivity index (χ0v) is 52.1. The fourth-order valence-electron chi connectivity index (χ4n) is 7.64. The number of aliphatic hydroxyl groups is 6. The number of aliphatic hydroxyl groups excluding tert-OH is 6. The Balaban J connectivity index is -0.000000194. The highest BCUT2D eigenvalue weighted by molar-refractivity contribution is 5.70. The zero-order chi connectivity index (χ0) is 59.8. The molecule has 0 aliphatic carbocycles. The van der Waals surface area contributed by atoms with Gasteiger partial charge in [-0.05, 0) is 96.7 Å². The summed E-state index contributed by atoms with van der Waals surface area (Å²) in [5.74, 6) is 2.79. The summed E-state index contributed by atoms with van der Waals surface area (Å²) in [6.45, 7) is 49.2. The van der Waals surface area contributed by atoms with Crippen molar-refractivity contribution in [2.45, 2.75) is 242 Å². The second-order valence-corrected chi connectivity index (χ2v) is 25.3. The Labute approximate surface area is 455 Å². The van der Waals surface area contributed by atoms with Gasteiger partial charge in [0.05, 0.1) is 24.9 Å². The summed E-state index contributed by atoms with van der Waals surface area (Å²) in [6.07, 6.45) is 3.32. The maximum absolute atomic E-state index is 11.8. The summed E-state index contributed by atoms with van der Waals surface area (Å²) in [7, 11) is 0. The number of ether oxygens (including phenoxy) is 2. The molecule has 0 aromatic carbocycles. The minimum atomic E-state index is -0.713. The molecule has 0 spiro atoms. The van der Waals surface area contributed by atoms with E-state index in [0.717, 1.165) is 25.7 Å². The topological polar surface area (TPSA) is 249 Å². The van der Waals surface area contributed by atoms with Crippen molar-refractivity contribution in [3.05, 3.63) is 0 Å².